The molecule has 0 aromatic carbocycles. The zero-order chi connectivity index (χ0) is 11.2. The third-order valence-electron chi connectivity index (χ3n) is 3.43. The molecule has 1 heterocycles. The second kappa shape index (κ2) is 3.43. The van der Waals surface area contributed by atoms with E-state index in [1.807, 2.05) is 13.8 Å². The van der Waals surface area contributed by atoms with E-state index in [2.05, 4.69) is 0 Å². The lowest BCUT2D eigenvalue weighted by Crippen LogP contribution is -2.38. The highest BCUT2D eigenvalue weighted by atomic mass is 16.2. The van der Waals surface area contributed by atoms with E-state index in [0.717, 1.165) is 11.3 Å². The number of amides is 2. The maximum atomic E-state index is 11.6. The first-order chi connectivity index (χ1) is 7.06. The molecule has 1 saturated heterocycles. The summed E-state index contributed by atoms with van der Waals surface area (Å²) in [5.74, 6) is -0.546. The summed E-state index contributed by atoms with van der Waals surface area (Å²) in [6, 6.07) is 0. The normalized spacial score (nSPS) is 30.4. The Morgan fingerprint density at radius 1 is 1.40 bits per heavy atom. The van der Waals surface area contributed by atoms with Gasteiger partial charge in [-0.1, -0.05) is 13.8 Å². The number of hydrogen-bond acceptors (Lipinski definition) is 3. The largest absolute Gasteiger partial charge is 0.297 e. The van der Waals surface area contributed by atoms with Gasteiger partial charge in [-0.15, -0.1) is 0 Å². The number of carbonyl (C=O) groups is 3. The first-order valence-electron chi connectivity index (χ1n) is 5.44. The summed E-state index contributed by atoms with van der Waals surface area (Å²) in [5.41, 5.74) is 0. The van der Waals surface area contributed by atoms with E-state index in [0.29, 0.717) is 6.42 Å². The van der Waals surface area contributed by atoms with Crippen molar-refractivity contribution >= 4 is 17.6 Å². The number of imide groups is 1. The molecule has 0 spiro atoms. The van der Waals surface area contributed by atoms with E-state index in [-0.39, 0.29) is 41.9 Å². The molecule has 1 aliphatic carbocycles. The lowest BCUT2D eigenvalue weighted by molar-refractivity contribution is -0.145. The number of Topliss-reactive ketones (excluding diaryl/α,β-unsaturated/α-hetero) is 1. The second-order valence-electron chi connectivity index (χ2n) is 4.49. The summed E-state index contributed by atoms with van der Waals surface area (Å²) < 4.78 is 0. The van der Waals surface area contributed by atoms with Crippen LogP contribution in [0.2, 0.25) is 0 Å². The Morgan fingerprint density at radius 3 is 2.40 bits per heavy atom. The predicted octanol–water partition coefficient (Wildman–Crippen LogP) is 0.606. The molecular weight excluding hydrogens is 194 g/mol. The lowest BCUT2D eigenvalue weighted by atomic mass is 10.0. The average molecular weight is 209 g/mol. The summed E-state index contributed by atoms with van der Waals surface area (Å²) in [7, 11) is 0. The molecule has 82 valence electrons. The number of nitrogens with zero attached hydrogens (tertiary/aromatic N) is 1. The van der Waals surface area contributed by atoms with Gasteiger partial charge in [-0.2, -0.15) is 0 Å². The van der Waals surface area contributed by atoms with E-state index in [1.165, 1.54) is 0 Å². The average Bonchev–Trinajstić information content (AvgIpc) is 2.97. The Bertz CT molecular complexity index is 317. The fourth-order valence-electron chi connectivity index (χ4n) is 1.94. The summed E-state index contributed by atoms with van der Waals surface area (Å²) in [6.45, 7) is 3.74. The van der Waals surface area contributed by atoms with Gasteiger partial charge in [-0.25, -0.2) is 0 Å². The highest BCUT2D eigenvalue weighted by Gasteiger charge is 2.58. The van der Waals surface area contributed by atoms with Crippen LogP contribution in [0.3, 0.4) is 0 Å². The van der Waals surface area contributed by atoms with Crippen LogP contribution in [0.1, 0.15) is 26.7 Å². The highest BCUT2D eigenvalue weighted by molar-refractivity contribution is 6.10. The van der Waals surface area contributed by atoms with E-state index in [9.17, 15) is 14.4 Å². The first-order valence-corrected chi connectivity index (χ1v) is 5.44. The van der Waals surface area contributed by atoms with E-state index in [1.54, 1.807) is 0 Å². The third-order valence-corrected chi connectivity index (χ3v) is 3.43. The highest BCUT2D eigenvalue weighted by Crippen LogP contribution is 2.46. The van der Waals surface area contributed by atoms with Crippen LogP contribution in [-0.4, -0.2) is 29.0 Å². The minimum Gasteiger partial charge on any atom is -0.297 e. The quantitative estimate of drug-likeness (QED) is 0.637. The molecule has 4 nitrogen and oxygen atoms in total. The van der Waals surface area contributed by atoms with Gasteiger partial charge >= 0.3 is 0 Å². The fraction of sp³-hybridized carbons (Fsp3) is 0.727. The molecule has 4 heteroatoms. The van der Waals surface area contributed by atoms with Crippen molar-refractivity contribution in [3.8, 4) is 0 Å². The van der Waals surface area contributed by atoms with Crippen molar-refractivity contribution in [2.45, 2.75) is 26.7 Å². The van der Waals surface area contributed by atoms with Crippen LogP contribution in [0.4, 0.5) is 0 Å². The van der Waals surface area contributed by atoms with Crippen LogP contribution in [0.5, 0.6) is 0 Å². The zero-order valence-electron chi connectivity index (χ0n) is 9.03. The standard InChI is InChI=1S/C11H15NO3/c1-3-6(2)9(13)5-12-10(14)7-4-8(7)11(12)15/h6-8H,3-5H2,1-2H3. The molecule has 0 N–H and O–H groups in total. The molecular formula is C11H15NO3. The van der Waals surface area contributed by atoms with Crippen molar-refractivity contribution in [2.24, 2.45) is 17.8 Å². The van der Waals surface area contributed by atoms with Crippen LogP contribution in [0, 0.1) is 17.8 Å². The molecule has 0 bridgehead atoms. The molecule has 1 aliphatic heterocycles. The smallest absolute Gasteiger partial charge is 0.233 e. The van der Waals surface area contributed by atoms with Crippen molar-refractivity contribution in [1.29, 1.82) is 0 Å². The number of ketones is 1. The van der Waals surface area contributed by atoms with Gasteiger partial charge in [-0.05, 0) is 12.8 Å². The van der Waals surface area contributed by atoms with E-state index < -0.39 is 0 Å². The molecule has 15 heavy (non-hydrogen) atoms. The van der Waals surface area contributed by atoms with Gasteiger partial charge in [0.2, 0.25) is 11.8 Å². The molecule has 2 amide bonds. The monoisotopic (exact) mass is 209 g/mol. The Morgan fingerprint density at radius 2 is 1.93 bits per heavy atom. The van der Waals surface area contributed by atoms with E-state index in [4.69, 9.17) is 0 Å². The topological polar surface area (TPSA) is 54.5 Å². The minimum atomic E-state index is -0.137. The van der Waals surface area contributed by atoms with Crippen molar-refractivity contribution in [3.05, 3.63) is 0 Å². The number of likely N-dealkylation sites (tertiary alicyclic amines) is 1. The summed E-state index contributed by atoms with van der Waals surface area (Å²) in [4.78, 5) is 35.9. The van der Waals surface area contributed by atoms with Gasteiger partial charge in [-0.3, -0.25) is 19.3 Å². The molecule has 2 fully saturated rings. The number of carbonyl (C=O) groups excluding carboxylic acids is 3. The Hall–Kier alpha value is -1.19. The van der Waals surface area contributed by atoms with Gasteiger partial charge < -0.3 is 0 Å². The van der Waals surface area contributed by atoms with Gasteiger partial charge in [0.05, 0.1) is 18.4 Å². The number of piperidine rings is 1. The van der Waals surface area contributed by atoms with Crippen LogP contribution in [0.15, 0.2) is 0 Å². The molecule has 3 atom stereocenters. The molecule has 3 unspecified atom stereocenters. The van der Waals surface area contributed by atoms with Crippen molar-refractivity contribution in [1.82, 2.24) is 4.90 Å². The Labute approximate surface area is 88.6 Å². The molecule has 0 aromatic rings. The van der Waals surface area contributed by atoms with Crippen molar-refractivity contribution < 1.29 is 14.4 Å². The fourth-order valence-corrected chi connectivity index (χ4v) is 1.94. The molecule has 0 radical (unpaired) electrons. The zero-order valence-corrected chi connectivity index (χ0v) is 9.03. The third kappa shape index (κ3) is 1.58. The maximum Gasteiger partial charge on any atom is 0.233 e. The SMILES string of the molecule is CCC(C)C(=O)CN1C(=O)C2CC2C1=O. The lowest BCUT2D eigenvalue weighted by Gasteiger charge is -2.17. The molecule has 2 rings (SSSR count). The van der Waals surface area contributed by atoms with Crippen LogP contribution in [-0.2, 0) is 14.4 Å². The van der Waals surface area contributed by atoms with Crippen molar-refractivity contribution in [3.63, 3.8) is 0 Å². The summed E-state index contributed by atoms with van der Waals surface area (Å²) in [6.07, 6.45) is 1.45. The molecule has 2 aliphatic rings. The maximum absolute atomic E-state index is 11.6. The van der Waals surface area contributed by atoms with Gasteiger partial charge in [0.25, 0.3) is 0 Å². The Kier molecular flexibility index (Phi) is 2.37. The number of rotatable bonds is 4. The molecule has 1 saturated carbocycles. The van der Waals surface area contributed by atoms with Crippen molar-refractivity contribution in [2.75, 3.05) is 6.54 Å². The number of hydrogen-bond donors (Lipinski definition) is 0. The van der Waals surface area contributed by atoms with Gasteiger partial charge in [0, 0.05) is 5.92 Å². The summed E-state index contributed by atoms with van der Waals surface area (Å²) >= 11 is 0. The number of fused-ring (bicyclic) bond motifs is 1. The second-order valence-corrected chi connectivity index (χ2v) is 4.49. The van der Waals surface area contributed by atoms with Gasteiger partial charge in [0.15, 0.2) is 5.78 Å². The van der Waals surface area contributed by atoms with Crippen LogP contribution >= 0.6 is 0 Å². The minimum absolute atomic E-state index is 0.0134. The van der Waals surface area contributed by atoms with Crippen LogP contribution in [0.25, 0.3) is 0 Å². The van der Waals surface area contributed by atoms with Gasteiger partial charge in [0.1, 0.15) is 0 Å². The first kappa shape index (κ1) is 10.3. The molecule has 0 aromatic heterocycles. The summed E-state index contributed by atoms with van der Waals surface area (Å²) in [5, 5.41) is 0. The predicted molar refractivity (Wildman–Crippen MR) is 52.8 cm³/mol. The Balaban J connectivity index is 1.98. The van der Waals surface area contributed by atoms with E-state index >= 15 is 0 Å². The van der Waals surface area contributed by atoms with Crippen LogP contribution < -0.4 is 0 Å².